The zero-order valence-corrected chi connectivity index (χ0v) is 12.9. The maximum atomic E-state index is 4.43. The molecule has 3 nitrogen and oxygen atoms in total. The summed E-state index contributed by atoms with van der Waals surface area (Å²) in [7, 11) is 0. The van der Waals surface area contributed by atoms with E-state index in [0.29, 0.717) is 0 Å². The van der Waals surface area contributed by atoms with Crippen molar-refractivity contribution >= 4 is 33.1 Å². The summed E-state index contributed by atoms with van der Waals surface area (Å²) in [4.78, 5) is 11.1. The van der Waals surface area contributed by atoms with Crippen molar-refractivity contribution in [2.24, 2.45) is 0 Å². The third-order valence-corrected chi connectivity index (χ3v) is 4.73. The van der Waals surface area contributed by atoms with Gasteiger partial charge in [-0.3, -0.25) is 0 Å². The Kier molecular flexibility index (Phi) is 3.18. The molecule has 102 valence electrons. The molecule has 4 heteroatoms. The average Bonchev–Trinajstić information content (AvgIpc) is 2.71. The molecule has 0 amide bonds. The molecule has 0 aliphatic rings. The van der Waals surface area contributed by atoms with Crippen molar-refractivity contribution in [3.05, 3.63) is 46.1 Å². The molecule has 0 spiro atoms. The molecular formula is C16H17N3S. The van der Waals surface area contributed by atoms with E-state index in [9.17, 15) is 0 Å². The lowest BCUT2D eigenvalue weighted by Gasteiger charge is -2.11. The van der Waals surface area contributed by atoms with Crippen LogP contribution in [-0.2, 0) is 0 Å². The summed E-state index contributed by atoms with van der Waals surface area (Å²) in [6.45, 7) is 8.46. The fourth-order valence-corrected chi connectivity index (χ4v) is 3.27. The number of thiophene rings is 1. The highest BCUT2D eigenvalue weighted by Gasteiger charge is 2.12. The van der Waals surface area contributed by atoms with Crippen molar-refractivity contribution in [2.45, 2.75) is 27.7 Å². The van der Waals surface area contributed by atoms with E-state index in [1.54, 1.807) is 17.7 Å². The van der Waals surface area contributed by atoms with E-state index in [-0.39, 0.29) is 0 Å². The van der Waals surface area contributed by atoms with Gasteiger partial charge in [0.1, 0.15) is 17.0 Å². The molecule has 2 aromatic heterocycles. The number of anilines is 2. The van der Waals surface area contributed by atoms with Gasteiger partial charge in [0.25, 0.3) is 0 Å². The summed E-state index contributed by atoms with van der Waals surface area (Å²) in [5, 5.41) is 4.60. The van der Waals surface area contributed by atoms with Crippen LogP contribution in [0.4, 0.5) is 11.5 Å². The van der Waals surface area contributed by atoms with Crippen molar-refractivity contribution < 1.29 is 0 Å². The van der Waals surface area contributed by atoms with Gasteiger partial charge in [-0.1, -0.05) is 12.1 Å². The van der Waals surface area contributed by atoms with Crippen molar-refractivity contribution in [1.82, 2.24) is 9.97 Å². The molecule has 20 heavy (non-hydrogen) atoms. The first kappa shape index (κ1) is 13.1. The maximum Gasteiger partial charge on any atom is 0.142 e. The second-order valence-corrected chi connectivity index (χ2v) is 6.33. The predicted molar refractivity (Wildman–Crippen MR) is 86.1 cm³/mol. The van der Waals surface area contributed by atoms with Gasteiger partial charge >= 0.3 is 0 Å². The molecular weight excluding hydrogens is 266 g/mol. The van der Waals surface area contributed by atoms with E-state index in [1.807, 2.05) is 0 Å². The molecule has 1 N–H and O–H groups in total. The summed E-state index contributed by atoms with van der Waals surface area (Å²) in [6.07, 6.45) is 1.63. The summed E-state index contributed by atoms with van der Waals surface area (Å²) in [5.41, 5.74) is 4.82. The summed E-state index contributed by atoms with van der Waals surface area (Å²) in [5.74, 6) is 0.894. The Morgan fingerprint density at radius 3 is 2.65 bits per heavy atom. The molecule has 0 atom stereocenters. The Morgan fingerprint density at radius 1 is 1.05 bits per heavy atom. The lowest BCUT2D eigenvalue weighted by molar-refractivity contribution is 1.22. The van der Waals surface area contributed by atoms with E-state index >= 15 is 0 Å². The second-order valence-electron chi connectivity index (χ2n) is 5.13. The van der Waals surface area contributed by atoms with E-state index in [1.165, 1.54) is 21.6 Å². The summed E-state index contributed by atoms with van der Waals surface area (Å²) >= 11 is 1.72. The molecule has 0 fully saturated rings. The van der Waals surface area contributed by atoms with Crippen LogP contribution >= 0.6 is 11.3 Å². The van der Waals surface area contributed by atoms with E-state index < -0.39 is 0 Å². The number of rotatable bonds is 2. The Morgan fingerprint density at radius 2 is 1.85 bits per heavy atom. The zero-order valence-electron chi connectivity index (χ0n) is 12.1. The topological polar surface area (TPSA) is 37.8 Å². The van der Waals surface area contributed by atoms with Crippen LogP contribution in [0.2, 0.25) is 0 Å². The number of aryl methyl sites for hydroxylation is 4. The van der Waals surface area contributed by atoms with Gasteiger partial charge in [0, 0.05) is 10.6 Å². The quantitative estimate of drug-likeness (QED) is 0.742. The number of fused-ring (bicyclic) bond motifs is 1. The molecule has 0 aliphatic carbocycles. The number of aromatic nitrogens is 2. The van der Waals surface area contributed by atoms with Crippen LogP contribution < -0.4 is 5.32 Å². The molecule has 2 heterocycles. The largest absolute Gasteiger partial charge is 0.339 e. The van der Waals surface area contributed by atoms with Crippen molar-refractivity contribution in [2.75, 3.05) is 5.32 Å². The smallest absolute Gasteiger partial charge is 0.142 e. The Labute approximate surface area is 122 Å². The molecule has 0 bridgehead atoms. The van der Waals surface area contributed by atoms with Gasteiger partial charge in [-0.05, 0) is 50.5 Å². The first-order valence-electron chi connectivity index (χ1n) is 6.61. The van der Waals surface area contributed by atoms with Crippen LogP contribution in [0.5, 0.6) is 0 Å². The maximum absolute atomic E-state index is 4.43. The molecule has 0 saturated carbocycles. The minimum absolute atomic E-state index is 0.894. The molecule has 1 aromatic carbocycles. The number of benzene rings is 1. The van der Waals surface area contributed by atoms with E-state index in [2.05, 4.69) is 61.2 Å². The zero-order chi connectivity index (χ0) is 14.3. The second kappa shape index (κ2) is 4.87. The van der Waals surface area contributed by atoms with Gasteiger partial charge in [-0.25, -0.2) is 9.97 Å². The lowest BCUT2D eigenvalue weighted by Crippen LogP contribution is -1.97. The molecule has 0 unspecified atom stereocenters. The predicted octanol–water partition coefficient (Wildman–Crippen LogP) is 4.67. The molecule has 0 aliphatic heterocycles. The Balaban J connectivity index is 2.13. The highest BCUT2D eigenvalue weighted by Crippen LogP contribution is 2.34. The molecule has 0 radical (unpaired) electrons. The van der Waals surface area contributed by atoms with Gasteiger partial charge in [-0.15, -0.1) is 11.3 Å². The third kappa shape index (κ3) is 2.16. The van der Waals surface area contributed by atoms with Gasteiger partial charge in [0.2, 0.25) is 0 Å². The Bertz CT molecular complexity index is 790. The van der Waals surface area contributed by atoms with Crippen LogP contribution in [0.3, 0.4) is 0 Å². The van der Waals surface area contributed by atoms with E-state index in [4.69, 9.17) is 0 Å². The monoisotopic (exact) mass is 283 g/mol. The van der Waals surface area contributed by atoms with Crippen LogP contribution in [-0.4, -0.2) is 9.97 Å². The number of hydrogen-bond donors (Lipinski definition) is 1. The normalized spacial score (nSPS) is 11.0. The third-order valence-electron chi connectivity index (χ3n) is 3.61. The van der Waals surface area contributed by atoms with Crippen LogP contribution in [0.15, 0.2) is 24.5 Å². The fourth-order valence-electron chi connectivity index (χ4n) is 2.28. The van der Waals surface area contributed by atoms with Crippen molar-refractivity contribution in [3.63, 3.8) is 0 Å². The molecule has 0 saturated heterocycles. The summed E-state index contributed by atoms with van der Waals surface area (Å²) in [6, 6.07) is 6.40. The van der Waals surface area contributed by atoms with Gasteiger partial charge in [-0.2, -0.15) is 0 Å². The highest BCUT2D eigenvalue weighted by molar-refractivity contribution is 7.18. The average molecular weight is 283 g/mol. The first-order valence-corrected chi connectivity index (χ1v) is 7.43. The van der Waals surface area contributed by atoms with Gasteiger partial charge in [0.15, 0.2) is 0 Å². The van der Waals surface area contributed by atoms with Crippen LogP contribution in [0, 0.1) is 27.7 Å². The summed E-state index contributed by atoms with van der Waals surface area (Å²) < 4.78 is 0. The minimum atomic E-state index is 0.894. The molecule has 3 rings (SSSR count). The van der Waals surface area contributed by atoms with Crippen LogP contribution in [0.25, 0.3) is 10.2 Å². The standard InChI is InChI=1S/C16H17N3S/c1-9-5-6-10(2)13(7-9)19-15-14-11(3)12(4)20-16(14)18-8-17-15/h5-8H,1-4H3,(H,17,18,19). The first-order chi connectivity index (χ1) is 9.56. The van der Waals surface area contributed by atoms with Gasteiger partial charge in [0.05, 0.1) is 5.39 Å². The Hall–Kier alpha value is -1.94. The number of hydrogen-bond acceptors (Lipinski definition) is 4. The molecule has 3 aromatic rings. The highest BCUT2D eigenvalue weighted by atomic mass is 32.1. The fraction of sp³-hybridized carbons (Fsp3) is 0.250. The lowest BCUT2D eigenvalue weighted by atomic mass is 10.1. The van der Waals surface area contributed by atoms with E-state index in [0.717, 1.165) is 21.7 Å². The minimum Gasteiger partial charge on any atom is -0.339 e. The van der Waals surface area contributed by atoms with Crippen LogP contribution in [0.1, 0.15) is 21.6 Å². The number of nitrogens with zero attached hydrogens (tertiary/aromatic N) is 2. The van der Waals surface area contributed by atoms with Gasteiger partial charge < -0.3 is 5.32 Å². The van der Waals surface area contributed by atoms with Crippen molar-refractivity contribution in [1.29, 1.82) is 0 Å². The van der Waals surface area contributed by atoms with Crippen molar-refractivity contribution in [3.8, 4) is 0 Å². The number of nitrogens with one attached hydrogen (secondary N) is 1. The SMILES string of the molecule is Cc1ccc(C)c(Nc2ncnc3sc(C)c(C)c23)c1.